The smallest absolute Gasteiger partial charge is 0.415 e. The highest BCUT2D eigenvalue weighted by Crippen LogP contribution is 2.40. The molecule has 0 aliphatic carbocycles. The second-order valence-electron chi connectivity index (χ2n) is 5.12. The summed E-state index contributed by atoms with van der Waals surface area (Å²) >= 11 is 0. The van der Waals surface area contributed by atoms with Crippen LogP contribution in [0.5, 0.6) is 5.75 Å². The summed E-state index contributed by atoms with van der Waals surface area (Å²) in [6, 6.07) is 16.1. The van der Waals surface area contributed by atoms with Gasteiger partial charge in [-0.25, -0.2) is 9.18 Å². The summed E-state index contributed by atoms with van der Waals surface area (Å²) in [4.78, 5) is 13.7. The summed E-state index contributed by atoms with van der Waals surface area (Å²) in [6.07, 6.45) is -0.560. The van der Waals surface area contributed by atoms with Crippen molar-refractivity contribution >= 4 is 11.8 Å². The lowest BCUT2D eigenvalue weighted by atomic mass is 9.94. The molecule has 0 spiro atoms. The van der Waals surface area contributed by atoms with E-state index in [-0.39, 0.29) is 6.54 Å². The molecule has 0 saturated carbocycles. The molecule has 0 radical (unpaired) electrons. The van der Waals surface area contributed by atoms with Gasteiger partial charge in [0, 0.05) is 11.3 Å². The average Bonchev–Trinajstić information content (AvgIpc) is 2.93. The van der Waals surface area contributed by atoms with Gasteiger partial charge < -0.3 is 9.47 Å². The topological polar surface area (TPSA) is 38.8 Å². The first-order valence-electron chi connectivity index (χ1n) is 6.95. The average molecular weight is 301 g/mol. The first-order chi connectivity index (χ1) is 10.7. The van der Waals surface area contributed by atoms with Crippen molar-refractivity contribution in [3.8, 4) is 5.75 Å². The number of carbonyl (C=O) groups is 1. The Labute approximate surface area is 128 Å². The van der Waals surface area contributed by atoms with Crippen LogP contribution in [0, 0.1) is 0 Å². The third-order valence-electron chi connectivity index (χ3n) is 3.80. The van der Waals surface area contributed by atoms with E-state index in [2.05, 4.69) is 0 Å². The number of hydrogen-bond acceptors (Lipinski definition) is 3. The second-order valence-corrected chi connectivity index (χ2v) is 5.12. The van der Waals surface area contributed by atoms with Gasteiger partial charge in [0.25, 0.3) is 0 Å². The van der Waals surface area contributed by atoms with Gasteiger partial charge in [0.05, 0.1) is 13.7 Å². The van der Waals surface area contributed by atoms with Crippen LogP contribution in [-0.2, 0) is 10.3 Å². The molecule has 1 aliphatic heterocycles. The summed E-state index contributed by atoms with van der Waals surface area (Å²) in [7, 11) is 1.51. The lowest BCUT2D eigenvalue weighted by molar-refractivity contribution is 0.0305. The van der Waals surface area contributed by atoms with Crippen LogP contribution >= 0.6 is 0 Å². The fourth-order valence-corrected chi connectivity index (χ4v) is 2.68. The van der Waals surface area contributed by atoms with Crippen LogP contribution in [-0.4, -0.2) is 26.4 Å². The summed E-state index contributed by atoms with van der Waals surface area (Å²) in [6.45, 7) is -0.713. The van der Waals surface area contributed by atoms with Crippen LogP contribution in [0.2, 0.25) is 0 Å². The van der Waals surface area contributed by atoms with E-state index in [9.17, 15) is 9.18 Å². The Bertz CT molecular complexity index is 677. The van der Waals surface area contributed by atoms with Gasteiger partial charge in [0.1, 0.15) is 12.4 Å². The number of alkyl halides is 1. The fraction of sp³-hybridized carbons (Fsp3) is 0.235. The minimum Gasteiger partial charge on any atom is -0.496 e. The van der Waals surface area contributed by atoms with Crippen LogP contribution in [0.4, 0.5) is 14.9 Å². The van der Waals surface area contributed by atoms with Crippen molar-refractivity contribution in [3.05, 3.63) is 60.2 Å². The Balaban J connectivity index is 2.00. The number of para-hydroxylation sites is 2. The van der Waals surface area contributed by atoms with Gasteiger partial charge >= 0.3 is 6.09 Å². The Morgan fingerprint density at radius 2 is 1.86 bits per heavy atom. The Morgan fingerprint density at radius 3 is 2.55 bits per heavy atom. The summed E-state index contributed by atoms with van der Waals surface area (Å²) < 4.78 is 24.6. The summed E-state index contributed by atoms with van der Waals surface area (Å²) in [5, 5.41) is 0. The highest BCUT2D eigenvalue weighted by atomic mass is 19.1. The van der Waals surface area contributed by atoms with E-state index in [0.29, 0.717) is 17.0 Å². The number of hydrogen-bond donors (Lipinski definition) is 0. The van der Waals surface area contributed by atoms with Crippen molar-refractivity contribution in [1.82, 2.24) is 0 Å². The van der Waals surface area contributed by atoms with E-state index in [4.69, 9.17) is 9.47 Å². The molecule has 1 aliphatic rings. The van der Waals surface area contributed by atoms with Gasteiger partial charge in [-0.15, -0.1) is 0 Å². The van der Waals surface area contributed by atoms with Crippen molar-refractivity contribution < 1.29 is 18.7 Å². The van der Waals surface area contributed by atoms with E-state index < -0.39 is 18.4 Å². The van der Waals surface area contributed by atoms with Crippen LogP contribution in [0.3, 0.4) is 0 Å². The Hall–Kier alpha value is -2.56. The maximum absolute atomic E-state index is 13.9. The van der Waals surface area contributed by atoms with Gasteiger partial charge in [0.2, 0.25) is 0 Å². The molecule has 4 nitrogen and oxygen atoms in total. The van der Waals surface area contributed by atoms with Gasteiger partial charge in [-0.1, -0.05) is 36.4 Å². The molecule has 114 valence electrons. The molecule has 0 N–H and O–H groups in total. The third kappa shape index (κ3) is 2.28. The number of halogens is 1. The normalized spacial score (nSPS) is 20.8. The number of carbonyl (C=O) groups excluding carboxylic acids is 1. The zero-order valence-corrected chi connectivity index (χ0v) is 12.2. The largest absolute Gasteiger partial charge is 0.496 e. The molecule has 3 rings (SSSR count). The first-order valence-corrected chi connectivity index (χ1v) is 6.95. The molecule has 2 aromatic carbocycles. The van der Waals surface area contributed by atoms with E-state index in [1.807, 2.05) is 18.2 Å². The fourth-order valence-electron chi connectivity index (χ4n) is 2.68. The summed E-state index contributed by atoms with van der Waals surface area (Å²) in [5.41, 5.74) is -0.135. The molecule has 22 heavy (non-hydrogen) atoms. The van der Waals surface area contributed by atoms with Crippen molar-refractivity contribution in [2.75, 3.05) is 25.2 Å². The molecular formula is C17H16FNO3. The van der Waals surface area contributed by atoms with Crippen LogP contribution < -0.4 is 9.64 Å². The van der Waals surface area contributed by atoms with Crippen LogP contribution in [0.1, 0.15) is 5.56 Å². The van der Waals surface area contributed by atoms with Crippen molar-refractivity contribution in [3.63, 3.8) is 0 Å². The number of amides is 1. The van der Waals surface area contributed by atoms with Gasteiger partial charge in [-0.2, -0.15) is 0 Å². The maximum Gasteiger partial charge on any atom is 0.415 e. The summed E-state index contributed by atoms with van der Waals surface area (Å²) in [5.74, 6) is 0.503. The number of nitrogens with zero attached hydrogens (tertiary/aromatic N) is 1. The SMILES string of the molecule is COc1ccccc1C1(CF)CN(c2ccccc2)C(=O)O1. The van der Waals surface area contributed by atoms with Crippen LogP contribution in [0.15, 0.2) is 54.6 Å². The molecule has 1 saturated heterocycles. The predicted octanol–water partition coefficient (Wildman–Crippen LogP) is 3.52. The zero-order valence-electron chi connectivity index (χ0n) is 12.2. The quantitative estimate of drug-likeness (QED) is 0.867. The number of ether oxygens (including phenoxy) is 2. The molecule has 0 aromatic heterocycles. The number of anilines is 1. The minimum atomic E-state index is -1.35. The third-order valence-corrected chi connectivity index (χ3v) is 3.80. The first kappa shape index (κ1) is 14.4. The Morgan fingerprint density at radius 1 is 1.18 bits per heavy atom. The predicted molar refractivity (Wildman–Crippen MR) is 80.9 cm³/mol. The second kappa shape index (κ2) is 5.67. The van der Waals surface area contributed by atoms with Crippen LogP contribution in [0.25, 0.3) is 0 Å². The maximum atomic E-state index is 13.9. The molecular weight excluding hydrogens is 285 g/mol. The Kier molecular flexibility index (Phi) is 3.71. The molecule has 1 amide bonds. The van der Waals surface area contributed by atoms with Crippen molar-refractivity contribution in [2.24, 2.45) is 0 Å². The van der Waals surface area contributed by atoms with E-state index >= 15 is 0 Å². The number of benzene rings is 2. The molecule has 1 atom stereocenters. The highest BCUT2D eigenvalue weighted by molar-refractivity contribution is 5.90. The molecule has 0 bridgehead atoms. The standard InChI is InChI=1S/C17H16FNO3/c1-21-15-10-6-5-9-14(15)17(11-18)12-19(16(20)22-17)13-7-3-2-4-8-13/h2-10H,11-12H2,1H3. The lowest BCUT2D eigenvalue weighted by Crippen LogP contribution is -2.34. The molecule has 2 aromatic rings. The van der Waals surface area contributed by atoms with E-state index in [1.54, 1.807) is 36.4 Å². The number of rotatable bonds is 4. The lowest BCUT2D eigenvalue weighted by Gasteiger charge is -2.25. The highest BCUT2D eigenvalue weighted by Gasteiger charge is 2.49. The molecule has 1 fully saturated rings. The van der Waals surface area contributed by atoms with E-state index in [1.165, 1.54) is 12.0 Å². The monoisotopic (exact) mass is 301 g/mol. The van der Waals surface area contributed by atoms with Gasteiger partial charge in [-0.3, -0.25) is 4.90 Å². The number of methoxy groups -OCH3 is 1. The minimum absolute atomic E-state index is 0.104. The molecule has 5 heteroatoms. The van der Waals surface area contributed by atoms with Gasteiger partial charge in [0.15, 0.2) is 5.60 Å². The van der Waals surface area contributed by atoms with Crippen molar-refractivity contribution in [2.45, 2.75) is 5.60 Å². The van der Waals surface area contributed by atoms with E-state index in [0.717, 1.165) is 0 Å². The van der Waals surface area contributed by atoms with Crippen molar-refractivity contribution in [1.29, 1.82) is 0 Å². The van der Waals surface area contributed by atoms with Gasteiger partial charge in [-0.05, 0) is 18.2 Å². The molecule has 1 unspecified atom stereocenters. The molecule has 1 heterocycles. The number of cyclic esters (lactones) is 1. The zero-order chi connectivity index (χ0) is 15.6.